The summed E-state index contributed by atoms with van der Waals surface area (Å²) in [6, 6.07) is 4.19. The van der Waals surface area contributed by atoms with E-state index in [4.69, 9.17) is 0 Å². The van der Waals surface area contributed by atoms with Gasteiger partial charge >= 0.3 is 5.97 Å². The van der Waals surface area contributed by atoms with Crippen molar-refractivity contribution >= 4 is 23.6 Å². The maximum Gasteiger partial charge on any atom is 0.330 e. The molecule has 1 aromatic rings. The Morgan fingerprint density at radius 3 is 2.79 bits per heavy atom. The first-order valence-corrected chi connectivity index (χ1v) is 7.00. The molecule has 0 bridgehead atoms. The van der Waals surface area contributed by atoms with E-state index in [1.54, 1.807) is 13.0 Å². The van der Waals surface area contributed by atoms with Crippen LogP contribution < -0.4 is 5.32 Å². The zero-order valence-electron chi connectivity index (χ0n) is 10.4. The van der Waals surface area contributed by atoms with Crippen molar-refractivity contribution in [1.82, 2.24) is 5.32 Å². The van der Waals surface area contributed by atoms with Crippen LogP contribution in [-0.4, -0.2) is 34.0 Å². The second kappa shape index (κ2) is 5.21. The van der Waals surface area contributed by atoms with Crippen molar-refractivity contribution < 1.29 is 19.1 Å². The zero-order valence-corrected chi connectivity index (χ0v) is 11.2. The number of hydrogen-bond acceptors (Lipinski definition) is 3. The van der Waals surface area contributed by atoms with E-state index in [1.165, 1.54) is 23.9 Å². The van der Waals surface area contributed by atoms with Crippen LogP contribution in [0.1, 0.15) is 22.3 Å². The van der Waals surface area contributed by atoms with Crippen LogP contribution in [0.15, 0.2) is 18.2 Å². The summed E-state index contributed by atoms with van der Waals surface area (Å²) >= 11 is 1.46. The summed E-state index contributed by atoms with van der Waals surface area (Å²) in [6.45, 7) is 1.74. The fourth-order valence-corrected chi connectivity index (χ4v) is 3.31. The Labute approximate surface area is 114 Å². The summed E-state index contributed by atoms with van der Waals surface area (Å²) in [5.74, 6) is -1.41. The smallest absolute Gasteiger partial charge is 0.330 e. The number of carbonyl (C=O) groups excluding carboxylic acids is 1. The van der Waals surface area contributed by atoms with Gasteiger partial charge in [-0.1, -0.05) is 11.6 Å². The van der Waals surface area contributed by atoms with Crippen molar-refractivity contribution in [1.29, 1.82) is 0 Å². The molecule has 0 saturated carbocycles. The third-order valence-electron chi connectivity index (χ3n) is 3.15. The SMILES string of the molecule is Cc1ccc(F)c(C(=O)NC2(C(=O)O)CCSC2)c1. The van der Waals surface area contributed by atoms with Gasteiger partial charge in [0.25, 0.3) is 5.91 Å². The quantitative estimate of drug-likeness (QED) is 0.888. The van der Waals surface area contributed by atoms with Gasteiger partial charge in [-0.05, 0) is 31.2 Å². The molecule has 1 saturated heterocycles. The first-order valence-electron chi connectivity index (χ1n) is 5.84. The lowest BCUT2D eigenvalue weighted by Crippen LogP contribution is -2.54. The Kier molecular flexibility index (Phi) is 3.80. The topological polar surface area (TPSA) is 66.4 Å². The molecule has 0 aliphatic carbocycles. The number of carboxylic acids is 1. The molecule has 102 valence electrons. The van der Waals surface area contributed by atoms with Crippen LogP contribution in [0.5, 0.6) is 0 Å². The Bertz CT molecular complexity index is 527. The highest BCUT2D eigenvalue weighted by Crippen LogP contribution is 2.28. The molecule has 1 heterocycles. The number of aliphatic carboxylic acids is 1. The van der Waals surface area contributed by atoms with Gasteiger partial charge in [0.05, 0.1) is 5.56 Å². The van der Waals surface area contributed by atoms with Gasteiger partial charge in [0, 0.05) is 5.75 Å². The molecular formula is C13H14FNO3S. The molecule has 0 spiro atoms. The van der Waals surface area contributed by atoms with E-state index < -0.39 is 23.2 Å². The van der Waals surface area contributed by atoms with Gasteiger partial charge in [0.2, 0.25) is 0 Å². The van der Waals surface area contributed by atoms with E-state index in [1.807, 2.05) is 0 Å². The first kappa shape index (κ1) is 13.9. The number of nitrogens with one attached hydrogen (secondary N) is 1. The van der Waals surface area contributed by atoms with Crippen LogP contribution in [-0.2, 0) is 4.79 Å². The number of carboxylic acid groups (broad SMARTS) is 1. The van der Waals surface area contributed by atoms with Gasteiger partial charge < -0.3 is 10.4 Å². The fraction of sp³-hybridized carbons (Fsp3) is 0.385. The summed E-state index contributed by atoms with van der Waals surface area (Å²) in [5.41, 5.74) is -0.646. The summed E-state index contributed by atoms with van der Waals surface area (Å²) in [4.78, 5) is 23.4. The zero-order chi connectivity index (χ0) is 14.0. The lowest BCUT2D eigenvalue weighted by atomic mass is 9.98. The van der Waals surface area contributed by atoms with Crippen molar-refractivity contribution in [2.24, 2.45) is 0 Å². The highest BCUT2D eigenvalue weighted by molar-refractivity contribution is 7.99. The Balaban J connectivity index is 2.25. The highest BCUT2D eigenvalue weighted by Gasteiger charge is 2.43. The number of benzene rings is 1. The Hall–Kier alpha value is -1.56. The van der Waals surface area contributed by atoms with Crippen molar-refractivity contribution in [3.8, 4) is 0 Å². The van der Waals surface area contributed by atoms with E-state index in [-0.39, 0.29) is 5.56 Å². The normalized spacial score (nSPS) is 22.2. The predicted molar refractivity (Wildman–Crippen MR) is 70.9 cm³/mol. The average molecular weight is 283 g/mol. The third kappa shape index (κ3) is 2.73. The predicted octanol–water partition coefficient (Wildman–Crippen LogP) is 1.82. The molecule has 19 heavy (non-hydrogen) atoms. The molecule has 1 fully saturated rings. The Morgan fingerprint density at radius 1 is 1.47 bits per heavy atom. The average Bonchev–Trinajstić information content (AvgIpc) is 2.82. The molecule has 4 nitrogen and oxygen atoms in total. The number of carbonyl (C=O) groups is 2. The minimum Gasteiger partial charge on any atom is -0.479 e. The standard InChI is InChI=1S/C13H14FNO3S/c1-8-2-3-10(14)9(6-8)11(16)15-13(12(17)18)4-5-19-7-13/h2-3,6H,4-5,7H2,1H3,(H,15,16)(H,17,18). The van der Waals surface area contributed by atoms with Crippen LogP contribution in [0.4, 0.5) is 4.39 Å². The van der Waals surface area contributed by atoms with Crippen LogP contribution in [0.25, 0.3) is 0 Å². The van der Waals surface area contributed by atoms with Crippen LogP contribution >= 0.6 is 11.8 Å². The molecule has 2 rings (SSSR count). The second-order valence-corrected chi connectivity index (χ2v) is 5.73. The summed E-state index contributed by atoms with van der Waals surface area (Å²) < 4.78 is 13.6. The maximum absolute atomic E-state index is 13.6. The van der Waals surface area contributed by atoms with Crippen LogP contribution in [0.2, 0.25) is 0 Å². The fourth-order valence-electron chi connectivity index (χ4n) is 1.98. The number of amides is 1. The van der Waals surface area contributed by atoms with Crippen molar-refractivity contribution in [3.05, 3.63) is 35.1 Å². The summed E-state index contributed by atoms with van der Waals surface area (Å²) in [5, 5.41) is 11.7. The van der Waals surface area contributed by atoms with E-state index in [0.717, 1.165) is 5.56 Å². The molecule has 0 radical (unpaired) electrons. The van der Waals surface area contributed by atoms with E-state index in [9.17, 15) is 19.1 Å². The molecule has 0 aromatic heterocycles. The molecule has 1 atom stereocenters. The van der Waals surface area contributed by atoms with E-state index in [2.05, 4.69) is 5.32 Å². The molecular weight excluding hydrogens is 269 g/mol. The van der Waals surface area contributed by atoms with E-state index >= 15 is 0 Å². The lowest BCUT2D eigenvalue weighted by Gasteiger charge is -2.24. The minimum absolute atomic E-state index is 0.113. The molecule has 1 aromatic carbocycles. The van der Waals surface area contributed by atoms with Gasteiger partial charge in [0.1, 0.15) is 11.4 Å². The van der Waals surface area contributed by atoms with Crippen LogP contribution in [0, 0.1) is 12.7 Å². The summed E-state index contributed by atoms with van der Waals surface area (Å²) in [7, 11) is 0. The van der Waals surface area contributed by atoms with Gasteiger partial charge in [-0.2, -0.15) is 11.8 Å². The van der Waals surface area contributed by atoms with Gasteiger partial charge in [-0.3, -0.25) is 4.79 Å². The Morgan fingerprint density at radius 2 is 2.21 bits per heavy atom. The molecule has 6 heteroatoms. The molecule has 1 aliphatic rings. The van der Waals surface area contributed by atoms with Gasteiger partial charge in [-0.15, -0.1) is 0 Å². The molecule has 2 N–H and O–H groups in total. The number of aryl methyl sites for hydroxylation is 1. The lowest BCUT2D eigenvalue weighted by molar-refractivity contribution is -0.143. The van der Waals surface area contributed by atoms with Crippen molar-refractivity contribution in [2.45, 2.75) is 18.9 Å². The van der Waals surface area contributed by atoms with Gasteiger partial charge in [-0.25, -0.2) is 9.18 Å². The number of hydrogen-bond donors (Lipinski definition) is 2. The molecule has 1 aliphatic heterocycles. The molecule has 1 amide bonds. The van der Waals surface area contributed by atoms with Crippen LogP contribution in [0.3, 0.4) is 0 Å². The van der Waals surface area contributed by atoms with E-state index in [0.29, 0.717) is 17.9 Å². The first-order chi connectivity index (χ1) is 8.94. The minimum atomic E-state index is -1.28. The monoisotopic (exact) mass is 283 g/mol. The van der Waals surface area contributed by atoms with Gasteiger partial charge in [0.15, 0.2) is 0 Å². The number of halogens is 1. The second-order valence-electron chi connectivity index (χ2n) is 4.63. The van der Waals surface area contributed by atoms with Crippen molar-refractivity contribution in [3.63, 3.8) is 0 Å². The molecule has 1 unspecified atom stereocenters. The maximum atomic E-state index is 13.6. The highest BCUT2D eigenvalue weighted by atomic mass is 32.2. The largest absolute Gasteiger partial charge is 0.479 e. The van der Waals surface area contributed by atoms with Crippen molar-refractivity contribution in [2.75, 3.05) is 11.5 Å². The number of rotatable bonds is 3. The number of thioether (sulfide) groups is 1. The summed E-state index contributed by atoms with van der Waals surface area (Å²) in [6.07, 6.45) is 0.353. The third-order valence-corrected chi connectivity index (χ3v) is 4.34.